The van der Waals surface area contributed by atoms with Crippen molar-refractivity contribution in [2.75, 3.05) is 58.4 Å². The molecule has 1 atom stereocenters. The van der Waals surface area contributed by atoms with Crippen LogP contribution in [0.25, 0.3) is 0 Å². The van der Waals surface area contributed by atoms with E-state index in [2.05, 4.69) is 27.2 Å². The van der Waals surface area contributed by atoms with Gasteiger partial charge in [0.25, 0.3) is 5.91 Å². The van der Waals surface area contributed by atoms with Gasteiger partial charge in [-0.3, -0.25) is 9.69 Å². The molecule has 2 fully saturated rings. The second-order valence-corrected chi connectivity index (χ2v) is 7.78. The molecule has 1 aromatic rings. The second-order valence-electron chi connectivity index (χ2n) is 7.78. The number of ether oxygens (including phenoxy) is 2. The van der Waals surface area contributed by atoms with E-state index < -0.39 is 11.2 Å². The molecule has 1 amide bonds. The van der Waals surface area contributed by atoms with Crippen LogP contribution >= 0.6 is 0 Å². The number of carbonyl (C=O) groups excluding carboxylic acids is 1. The van der Waals surface area contributed by atoms with Gasteiger partial charge in [0, 0.05) is 45.5 Å². The molecule has 0 bridgehead atoms. The van der Waals surface area contributed by atoms with Crippen LogP contribution in [0.5, 0.6) is 5.75 Å². The Labute approximate surface area is 161 Å². The Hall–Kier alpha value is -1.83. The van der Waals surface area contributed by atoms with E-state index >= 15 is 0 Å². The number of nitrogens with one attached hydrogen (secondary N) is 1. The number of hydrogen-bond donors (Lipinski definition) is 2. The van der Waals surface area contributed by atoms with Crippen molar-refractivity contribution in [1.82, 2.24) is 10.2 Å². The summed E-state index contributed by atoms with van der Waals surface area (Å²) < 4.78 is 10.9. The van der Waals surface area contributed by atoms with Crippen LogP contribution in [0.1, 0.15) is 19.8 Å². The van der Waals surface area contributed by atoms with Gasteiger partial charge in [-0.1, -0.05) is 0 Å². The summed E-state index contributed by atoms with van der Waals surface area (Å²) >= 11 is 0. The van der Waals surface area contributed by atoms with Gasteiger partial charge in [-0.2, -0.15) is 0 Å². The molecular formula is C20H31N3O4. The molecule has 7 heteroatoms. The van der Waals surface area contributed by atoms with E-state index in [0.717, 1.165) is 31.1 Å². The first-order valence-corrected chi connectivity index (χ1v) is 9.57. The molecule has 2 aliphatic rings. The Kier molecular flexibility index (Phi) is 5.93. The molecule has 0 saturated carbocycles. The highest BCUT2D eigenvalue weighted by Crippen LogP contribution is 2.29. The molecule has 2 saturated heterocycles. The quantitative estimate of drug-likeness (QED) is 0.793. The highest BCUT2D eigenvalue weighted by atomic mass is 16.5. The Balaban J connectivity index is 1.56. The van der Waals surface area contributed by atoms with Gasteiger partial charge in [-0.15, -0.1) is 0 Å². The van der Waals surface area contributed by atoms with E-state index in [1.807, 2.05) is 19.1 Å². The molecule has 1 aromatic carbocycles. The van der Waals surface area contributed by atoms with Gasteiger partial charge in [0.2, 0.25) is 0 Å². The van der Waals surface area contributed by atoms with Crippen LogP contribution in [0.3, 0.4) is 0 Å². The number of β-amino-alcohol motifs (C(OH)–C–C–N with tert-alkyl or cyclic N) is 1. The topological polar surface area (TPSA) is 74.3 Å². The van der Waals surface area contributed by atoms with Crippen LogP contribution < -0.4 is 15.0 Å². The Morgan fingerprint density at radius 2 is 1.93 bits per heavy atom. The van der Waals surface area contributed by atoms with E-state index in [1.54, 1.807) is 14.2 Å². The van der Waals surface area contributed by atoms with Crippen LogP contribution in [0.4, 0.5) is 5.69 Å². The number of anilines is 1. The number of benzene rings is 1. The van der Waals surface area contributed by atoms with Crippen molar-refractivity contribution in [3.63, 3.8) is 0 Å². The minimum absolute atomic E-state index is 0.117. The van der Waals surface area contributed by atoms with Gasteiger partial charge in [0.1, 0.15) is 5.75 Å². The molecular weight excluding hydrogens is 346 g/mol. The molecule has 0 aromatic heterocycles. The summed E-state index contributed by atoms with van der Waals surface area (Å²) in [6.45, 7) is 5.72. The van der Waals surface area contributed by atoms with Crippen molar-refractivity contribution in [3.05, 3.63) is 24.3 Å². The Morgan fingerprint density at radius 1 is 1.26 bits per heavy atom. The molecule has 0 unspecified atom stereocenters. The Bertz CT molecular complexity index is 643. The van der Waals surface area contributed by atoms with Crippen molar-refractivity contribution in [2.45, 2.75) is 31.0 Å². The first-order valence-electron chi connectivity index (χ1n) is 9.57. The van der Waals surface area contributed by atoms with E-state index in [1.165, 1.54) is 0 Å². The molecule has 27 heavy (non-hydrogen) atoms. The highest BCUT2D eigenvalue weighted by molar-refractivity contribution is 5.84. The highest BCUT2D eigenvalue weighted by Gasteiger charge is 2.42. The number of carbonyl (C=O) groups is 1. The maximum Gasteiger partial charge on any atom is 0.253 e. The molecule has 150 valence electrons. The molecule has 0 aliphatic carbocycles. The normalized spacial score (nSPS) is 25.9. The van der Waals surface area contributed by atoms with E-state index in [-0.39, 0.29) is 5.91 Å². The molecule has 3 rings (SSSR count). The molecule has 2 aliphatic heterocycles. The standard InChI is InChI=1S/C20H31N3O4/c1-19(18(24)21-2)14-22(12-13-27-19)15-20(25)8-10-23(11-9-20)16-4-6-17(26-3)7-5-16/h4-7,25H,8-15H2,1-3H3,(H,21,24)/t19-/m0/s1. The summed E-state index contributed by atoms with van der Waals surface area (Å²) in [5.41, 5.74) is -0.437. The zero-order valence-electron chi connectivity index (χ0n) is 16.5. The number of hydrogen-bond acceptors (Lipinski definition) is 6. The van der Waals surface area contributed by atoms with Crippen molar-refractivity contribution < 1.29 is 19.4 Å². The summed E-state index contributed by atoms with van der Waals surface area (Å²) in [7, 11) is 3.29. The monoisotopic (exact) mass is 377 g/mol. The van der Waals surface area contributed by atoms with Gasteiger partial charge >= 0.3 is 0 Å². The molecule has 2 N–H and O–H groups in total. The molecule has 0 spiro atoms. The third kappa shape index (κ3) is 4.54. The lowest BCUT2D eigenvalue weighted by atomic mass is 9.89. The lowest BCUT2D eigenvalue weighted by Crippen LogP contribution is -2.61. The van der Waals surface area contributed by atoms with Crippen LogP contribution in [0, 0.1) is 0 Å². The predicted molar refractivity (Wildman–Crippen MR) is 104 cm³/mol. The van der Waals surface area contributed by atoms with Crippen molar-refractivity contribution in [3.8, 4) is 5.75 Å². The SMILES string of the molecule is CNC(=O)[C@]1(C)CN(CC2(O)CCN(c3ccc(OC)cc3)CC2)CCO1. The van der Waals surface area contributed by atoms with E-state index in [0.29, 0.717) is 32.5 Å². The van der Waals surface area contributed by atoms with Gasteiger partial charge in [-0.25, -0.2) is 0 Å². The fourth-order valence-electron chi connectivity index (χ4n) is 4.04. The fraction of sp³-hybridized carbons (Fsp3) is 0.650. The van der Waals surface area contributed by atoms with Crippen LogP contribution in [-0.2, 0) is 9.53 Å². The number of nitrogens with zero attached hydrogens (tertiary/aromatic N) is 2. The van der Waals surface area contributed by atoms with Crippen LogP contribution in [0.2, 0.25) is 0 Å². The minimum Gasteiger partial charge on any atom is -0.497 e. The van der Waals surface area contributed by atoms with Crippen molar-refractivity contribution >= 4 is 11.6 Å². The summed E-state index contributed by atoms with van der Waals surface area (Å²) in [5.74, 6) is 0.729. The summed E-state index contributed by atoms with van der Waals surface area (Å²) in [5, 5.41) is 13.8. The van der Waals surface area contributed by atoms with Crippen molar-refractivity contribution in [1.29, 1.82) is 0 Å². The smallest absolute Gasteiger partial charge is 0.253 e. The minimum atomic E-state index is -0.854. The summed E-state index contributed by atoms with van der Waals surface area (Å²) in [6.07, 6.45) is 1.40. The maximum atomic E-state index is 12.1. The average molecular weight is 377 g/mol. The predicted octanol–water partition coefficient (Wildman–Crippen LogP) is 0.863. The third-order valence-corrected chi connectivity index (χ3v) is 5.71. The fourth-order valence-corrected chi connectivity index (χ4v) is 4.04. The van der Waals surface area contributed by atoms with Gasteiger partial charge in [-0.05, 0) is 44.0 Å². The first-order chi connectivity index (χ1) is 12.9. The number of piperidine rings is 1. The summed E-state index contributed by atoms with van der Waals surface area (Å²) in [4.78, 5) is 16.6. The second kappa shape index (κ2) is 8.04. The van der Waals surface area contributed by atoms with Gasteiger partial charge in [0.05, 0.1) is 19.3 Å². The third-order valence-electron chi connectivity index (χ3n) is 5.71. The zero-order valence-corrected chi connectivity index (χ0v) is 16.5. The van der Waals surface area contributed by atoms with Crippen molar-refractivity contribution in [2.24, 2.45) is 0 Å². The molecule has 7 nitrogen and oxygen atoms in total. The maximum absolute atomic E-state index is 12.1. The first kappa shape index (κ1) is 19.9. The van der Waals surface area contributed by atoms with Crippen LogP contribution in [0.15, 0.2) is 24.3 Å². The number of aliphatic hydroxyl groups is 1. The number of rotatable bonds is 5. The van der Waals surface area contributed by atoms with Crippen LogP contribution in [-0.4, -0.2) is 80.6 Å². The van der Waals surface area contributed by atoms with Gasteiger partial charge < -0.3 is 24.8 Å². The summed E-state index contributed by atoms with van der Waals surface area (Å²) in [6, 6.07) is 8.03. The lowest BCUT2D eigenvalue weighted by Gasteiger charge is -2.45. The average Bonchev–Trinajstić information content (AvgIpc) is 2.68. The molecule has 0 radical (unpaired) electrons. The van der Waals surface area contributed by atoms with Gasteiger partial charge in [0.15, 0.2) is 5.60 Å². The largest absolute Gasteiger partial charge is 0.497 e. The number of morpholine rings is 1. The molecule has 2 heterocycles. The number of likely N-dealkylation sites (N-methyl/N-ethyl adjacent to an activating group) is 1. The number of methoxy groups -OCH3 is 1. The lowest BCUT2D eigenvalue weighted by molar-refractivity contribution is -0.159. The number of amides is 1. The zero-order chi connectivity index (χ0) is 19.5. The Morgan fingerprint density at radius 3 is 2.52 bits per heavy atom. The van der Waals surface area contributed by atoms with E-state index in [9.17, 15) is 9.90 Å². The van der Waals surface area contributed by atoms with E-state index in [4.69, 9.17) is 9.47 Å².